The predicted octanol–water partition coefficient (Wildman–Crippen LogP) is 6.21. The Bertz CT molecular complexity index is 1020. The van der Waals surface area contributed by atoms with Crippen molar-refractivity contribution < 1.29 is 9.53 Å². The molecule has 0 N–H and O–H groups in total. The van der Waals surface area contributed by atoms with Gasteiger partial charge in [0.2, 0.25) is 0 Å². The van der Waals surface area contributed by atoms with E-state index in [1.165, 1.54) is 18.2 Å². The highest BCUT2D eigenvalue weighted by atomic mass is 35.5. The van der Waals surface area contributed by atoms with E-state index in [1.54, 1.807) is 18.3 Å². The molecule has 3 rings (SSSR count). The topological polar surface area (TPSA) is 41.9 Å². The molecule has 1 aliphatic heterocycles. The van der Waals surface area contributed by atoms with Gasteiger partial charge in [0.05, 0.1) is 28.9 Å². The summed E-state index contributed by atoms with van der Waals surface area (Å²) < 4.78 is 4.77. The Morgan fingerprint density at radius 2 is 1.97 bits per heavy atom. The minimum atomic E-state index is -0.355. The van der Waals surface area contributed by atoms with Gasteiger partial charge in [0.25, 0.3) is 0 Å². The number of rotatable bonds is 4. The third-order valence-corrected chi connectivity index (χ3v) is 5.70. The lowest BCUT2D eigenvalue weighted by Gasteiger charge is -2.43. The Kier molecular flexibility index (Phi) is 5.85. The smallest absolute Gasteiger partial charge is 0.337 e. The first-order valence-electron chi connectivity index (χ1n) is 9.72. The van der Waals surface area contributed by atoms with E-state index < -0.39 is 0 Å². The molecule has 1 heterocycles. The van der Waals surface area contributed by atoms with Gasteiger partial charge in [-0.2, -0.15) is 0 Å². The summed E-state index contributed by atoms with van der Waals surface area (Å²) in [5.41, 5.74) is 6.57. The molecule has 0 atom stereocenters. The van der Waals surface area contributed by atoms with Crippen LogP contribution in [0.4, 0.5) is 11.4 Å². The molecule has 152 valence electrons. The second-order valence-electron chi connectivity index (χ2n) is 7.87. The third kappa shape index (κ3) is 4.08. The van der Waals surface area contributed by atoms with E-state index in [-0.39, 0.29) is 11.5 Å². The molecule has 4 nitrogen and oxygen atoms in total. The van der Waals surface area contributed by atoms with Gasteiger partial charge in [-0.3, -0.25) is 4.99 Å². The summed E-state index contributed by atoms with van der Waals surface area (Å²) in [6.07, 6.45) is 4.08. The minimum Gasteiger partial charge on any atom is -0.465 e. The molecule has 29 heavy (non-hydrogen) atoms. The molecule has 0 radical (unpaired) electrons. The first kappa shape index (κ1) is 21.1. The molecule has 2 aromatic carbocycles. The van der Waals surface area contributed by atoms with E-state index in [2.05, 4.69) is 49.7 Å². The van der Waals surface area contributed by atoms with Crippen molar-refractivity contribution in [1.82, 2.24) is 0 Å². The average molecular weight is 411 g/mol. The summed E-state index contributed by atoms with van der Waals surface area (Å²) in [5.74, 6) is -0.355. The number of likely N-dealkylation sites (N-methyl/N-ethyl adjacent to an activating group) is 1. The van der Waals surface area contributed by atoms with Crippen LogP contribution in [0.25, 0.3) is 5.57 Å². The molecular weight excluding hydrogens is 384 g/mol. The third-order valence-electron chi connectivity index (χ3n) is 5.37. The molecule has 0 saturated carbocycles. The first-order chi connectivity index (χ1) is 13.7. The number of hydrogen-bond donors (Lipinski definition) is 0. The zero-order valence-electron chi connectivity index (χ0n) is 17.8. The quantitative estimate of drug-likeness (QED) is 0.444. The minimum absolute atomic E-state index is 0.0523. The summed E-state index contributed by atoms with van der Waals surface area (Å²) in [4.78, 5) is 18.6. The van der Waals surface area contributed by atoms with Gasteiger partial charge in [-0.15, -0.1) is 0 Å². The van der Waals surface area contributed by atoms with Crippen LogP contribution in [-0.2, 0) is 4.74 Å². The molecular formula is C24H27ClN2O2. The van der Waals surface area contributed by atoms with Crippen LogP contribution in [-0.4, -0.2) is 31.4 Å². The molecule has 0 unspecified atom stereocenters. The average Bonchev–Trinajstić information content (AvgIpc) is 2.66. The lowest BCUT2D eigenvalue weighted by molar-refractivity contribution is 0.0600. The number of hydrogen-bond acceptors (Lipinski definition) is 4. The summed E-state index contributed by atoms with van der Waals surface area (Å²) >= 11 is 6.62. The first-order valence-corrected chi connectivity index (χ1v) is 10.1. The monoisotopic (exact) mass is 410 g/mol. The van der Waals surface area contributed by atoms with Crippen LogP contribution in [0.3, 0.4) is 0 Å². The zero-order valence-corrected chi connectivity index (χ0v) is 18.6. The Morgan fingerprint density at radius 3 is 2.59 bits per heavy atom. The van der Waals surface area contributed by atoms with Gasteiger partial charge in [0.1, 0.15) is 0 Å². The maximum atomic E-state index is 11.7. The second-order valence-corrected chi connectivity index (χ2v) is 8.27. The fourth-order valence-corrected chi connectivity index (χ4v) is 4.18. The maximum Gasteiger partial charge on any atom is 0.337 e. The highest BCUT2D eigenvalue weighted by Crippen LogP contribution is 2.41. The summed E-state index contributed by atoms with van der Waals surface area (Å²) in [6.45, 7) is 11.5. The number of fused-ring (bicyclic) bond motifs is 1. The molecule has 0 bridgehead atoms. The number of esters is 1. The maximum absolute atomic E-state index is 11.7. The van der Waals surface area contributed by atoms with Crippen molar-refractivity contribution in [3.8, 4) is 0 Å². The molecule has 1 aliphatic rings. The molecule has 0 fully saturated rings. The van der Waals surface area contributed by atoms with Crippen molar-refractivity contribution in [2.24, 2.45) is 4.99 Å². The van der Waals surface area contributed by atoms with Crippen LogP contribution in [0.15, 0.2) is 41.4 Å². The van der Waals surface area contributed by atoms with Crippen molar-refractivity contribution in [2.75, 3.05) is 18.6 Å². The molecule has 0 spiro atoms. The number of allylic oxidation sites excluding steroid dienone is 1. The second kappa shape index (κ2) is 8.03. The molecule has 2 aromatic rings. The van der Waals surface area contributed by atoms with Gasteiger partial charge in [-0.1, -0.05) is 17.7 Å². The number of aryl methyl sites for hydroxylation is 1. The van der Waals surface area contributed by atoms with Crippen molar-refractivity contribution in [3.63, 3.8) is 0 Å². The Morgan fingerprint density at radius 1 is 1.24 bits per heavy atom. The Hall–Kier alpha value is -2.59. The van der Waals surface area contributed by atoms with Gasteiger partial charge < -0.3 is 9.64 Å². The number of halogens is 1. The standard InChI is InChI=1S/C24H27ClN2O2/c1-7-27-22-12-20(25)18(11-19(22)16(3)13-24(27,4)5)14-26-21-9-8-17(10-15(21)2)23(28)29-6/h8-14H,7H2,1-6H3. The lowest BCUT2D eigenvalue weighted by atomic mass is 9.88. The van der Waals surface area contributed by atoms with Crippen molar-refractivity contribution in [1.29, 1.82) is 0 Å². The van der Waals surface area contributed by atoms with Gasteiger partial charge in [0, 0.05) is 29.6 Å². The van der Waals surface area contributed by atoms with Gasteiger partial charge in [-0.05, 0) is 76.1 Å². The van der Waals surface area contributed by atoms with E-state index in [1.807, 2.05) is 19.1 Å². The predicted molar refractivity (Wildman–Crippen MR) is 122 cm³/mol. The summed E-state index contributed by atoms with van der Waals surface area (Å²) in [7, 11) is 1.37. The van der Waals surface area contributed by atoms with Gasteiger partial charge in [-0.25, -0.2) is 4.79 Å². The van der Waals surface area contributed by atoms with Crippen molar-refractivity contribution in [2.45, 2.75) is 40.2 Å². The largest absolute Gasteiger partial charge is 0.465 e. The Labute approximate surface area is 177 Å². The summed E-state index contributed by atoms with van der Waals surface area (Å²) in [5, 5.41) is 0.667. The van der Waals surface area contributed by atoms with E-state index >= 15 is 0 Å². The van der Waals surface area contributed by atoms with E-state index in [4.69, 9.17) is 16.3 Å². The van der Waals surface area contributed by atoms with Crippen LogP contribution in [0.1, 0.15) is 54.7 Å². The Balaban J connectivity index is 1.98. The number of anilines is 1. The SMILES string of the molecule is CCN1c2cc(Cl)c(C=Nc3ccc(C(=O)OC)cc3C)cc2C(C)=CC1(C)C. The van der Waals surface area contributed by atoms with E-state index in [9.17, 15) is 4.79 Å². The van der Waals surface area contributed by atoms with Crippen LogP contribution < -0.4 is 4.90 Å². The molecule has 0 aromatic heterocycles. The molecule has 5 heteroatoms. The number of nitrogens with zero attached hydrogens (tertiary/aromatic N) is 2. The number of benzene rings is 2. The normalized spacial score (nSPS) is 15.3. The number of aliphatic imine (C=N–C) groups is 1. The van der Waals surface area contributed by atoms with Crippen LogP contribution >= 0.6 is 11.6 Å². The number of carbonyl (C=O) groups is 1. The van der Waals surface area contributed by atoms with Crippen LogP contribution in [0, 0.1) is 6.92 Å². The highest BCUT2D eigenvalue weighted by Gasteiger charge is 2.30. The number of ether oxygens (including phenoxy) is 1. The van der Waals surface area contributed by atoms with Crippen molar-refractivity contribution >= 4 is 40.7 Å². The van der Waals surface area contributed by atoms with Gasteiger partial charge in [0.15, 0.2) is 0 Å². The van der Waals surface area contributed by atoms with E-state index in [0.717, 1.165) is 29.0 Å². The zero-order chi connectivity index (χ0) is 21.3. The number of methoxy groups -OCH3 is 1. The molecule has 0 aliphatic carbocycles. The van der Waals surface area contributed by atoms with E-state index in [0.29, 0.717) is 10.6 Å². The lowest BCUT2D eigenvalue weighted by Crippen LogP contribution is -2.44. The fraction of sp³-hybridized carbons (Fsp3) is 0.333. The fourth-order valence-electron chi connectivity index (χ4n) is 3.98. The van der Waals surface area contributed by atoms with Gasteiger partial charge >= 0.3 is 5.97 Å². The van der Waals surface area contributed by atoms with Crippen LogP contribution in [0.2, 0.25) is 5.02 Å². The molecule has 0 amide bonds. The van der Waals surface area contributed by atoms with Crippen molar-refractivity contribution in [3.05, 3.63) is 63.7 Å². The highest BCUT2D eigenvalue weighted by molar-refractivity contribution is 6.33. The summed E-state index contributed by atoms with van der Waals surface area (Å²) in [6, 6.07) is 9.45. The number of carbonyl (C=O) groups excluding carboxylic acids is 1. The van der Waals surface area contributed by atoms with Crippen LogP contribution in [0.5, 0.6) is 0 Å². The molecule has 0 saturated heterocycles.